The summed E-state index contributed by atoms with van der Waals surface area (Å²) in [4.78, 5) is 20.1. The lowest BCUT2D eigenvalue weighted by Gasteiger charge is -1.97. The highest BCUT2D eigenvalue weighted by atomic mass is 19.1. The molecule has 15 heavy (non-hydrogen) atoms. The molecule has 0 amide bonds. The number of hydrogen-bond acceptors (Lipinski definition) is 3. The van der Waals surface area contributed by atoms with Crippen LogP contribution in [0.1, 0.15) is 12.5 Å². The zero-order chi connectivity index (χ0) is 11.4. The minimum Gasteiger partial charge on any atom is -0.298 e. The zero-order valence-corrected chi connectivity index (χ0v) is 7.94. The summed E-state index contributed by atoms with van der Waals surface area (Å²) in [6.07, 6.45) is 1.81. The number of nitrogens with zero attached hydrogens (tertiary/aromatic N) is 1. The van der Waals surface area contributed by atoms with Crippen LogP contribution in [0.3, 0.4) is 0 Å². The van der Waals surface area contributed by atoms with Gasteiger partial charge in [0, 0.05) is 17.7 Å². The van der Waals surface area contributed by atoms with Gasteiger partial charge in [-0.2, -0.15) is 0 Å². The summed E-state index contributed by atoms with van der Waals surface area (Å²) in [6, 6.07) is 3.16. The highest BCUT2D eigenvalue weighted by Crippen LogP contribution is 2.18. The van der Waals surface area contributed by atoms with Gasteiger partial charge in [-0.1, -0.05) is 0 Å². The number of carbonyl (C=O) groups excluding carboxylic acids is 1. The van der Waals surface area contributed by atoms with Crippen molar-refractivity contribution in [1.29, 1.82) is 0 Å². The Labute approximate surface area is 85.2 Å². The molecule has 0 aliphatic rings. The Morgan fingerprint density at radius 3 is 2.73 bits per heavy atom. The van der Waals surface area contributed by atoms with E-state index in [9.17, 15) is 19.3 Å². The van der Waals surface area contributed by atoms with Gasteiger partial charge in [-0.15, -0.1) is 0 Å². The SMILES string of the molecule is C/C(C=O)=C/c1cc([N+](=O)[O-])ccc1F. The summed E-state index contributed by atoms with van der Waals surface area (Å²) in [5.74, 6) is -0.596. The first-order valence-electron chi connectivity index (χ1n) is 4.12. The van der Waals surface area contributed by atoms with Crippen LogP contribution in [0.25, 0.3) is 6.08 Å². The molecule has 1 aromatic carbocycles. The van der Waals surface area contributed by atoms with E-state index in [0.29, 0.717) is 11.9 Å². The number of rotatable bonds is 3. The molecular formula is C10H8FNO3. The van der Waals surface area contributed by atoms with Gasteiger partial charge in [0.1, 0.15) is 12.1 Å². The second-order valence-electron chi connectivity index (χ2n) is 2.97. The summed E-state index contributed by atoms with van der Waals surface area (Å²) in [6.45, 7) is 1.49. The Hall–Kier alpha value is -2.04. The van der Waals surface area contributed by atoms with E-state index in [1.165, 1.54) is 13.0 Å². The lowest BCUT2D eigenvalue weighted by atomic mass is 10.1. The van der Waals surface area contributed by atoms with E-state index in [-0.39, 0.29) is 11.3 Å². The zero-order valence-electron chi connectivity index (χ0n) is 7.94. The third-order valence-corrected chi connectivity index (χ3v) is 1.76. The molecule has 0 bridgehead atoms. The van der Waals surface area contributed by atoms with Gasteiger partial charge < -0.3 is 0 Å². The van der Waals surface area contributed by atoms with Crippen molar-refractivity contribution in [3.63, 3.8) is 0 Å². The molecule has 0 aliphatic carbocycles. The van der Waals surface area contributed by atoms with Gasteiger partial charge >= 0.3 is 0 Å². The van der Waals surface area contributed by atoms with E-state index in [0.717, 1.165) is 18.2 Å². The molecule has 78 valence electrons. The molecule has 0 fully saturated rings. The molecule has 0 radical (unpaired) electrons. The number of halogens is 1. The maximum Gasteiger partial charge on any atom is 0.270 e. The van der Waals surface area contributed by atoms with Crippen molar-refractivity contribution < 1.29 is 14.1 Å². The third-order valence-electron chi connectivity index (χ3n) is 1.76. The molecule has 0 N–H and O–H groups in total. The normalized spacial score (nSPS) is 11.2. The lowest BCUT2D eigenvalue weighted by molar-refractivity contribution is -0.384. The highest BCUT2D eigenvalue weighted by molar-refractivity contribution is 5.81. The number of carbonyl (C=O) groups is 1. The fourth-order valence-electron chi connectivity index (χ4n) is 1.03. The summed E-state index contributed by atoms with van der Waals surface area (Å²) >= 11 is 0. The summed E-state index contributed by atoms with van der Waals surface area (Å²) in [7, 11) is 0. The van der Waals surface area contributed by atoms with E-state index < -0.39 is 10.7 Å². The molecule has 1 rings (SSSR count). The van der Waals surface area contributed by atoms with Crippen molar-refractivity contribution in [2.45, 2.75) is 6.92 Å². The fourth-order valence-corrected chi connectivity index (χ4v) is 1.03. The minimum absolute atomic E-state index is 0.0359. The van der Waals surface area contributed by atoms with E-state index >= 15 is 0 Å². The highest BCUT2D eigenvalue weighted by Gasteiger charge is 2.08. The van der Waals surface area contributed by atoms with Crippen LogP contribution in [0.2, 0.25) is 0 Å². The van der Waals surface area contributed by atoms with Gasteiger partial charge in [-0.3, -0.25) is 14.9 Å². The minimum atomic E-state index is -0.618. The first-order valence-corrected chi connectivity index (χ1v) is 4.12. The number of allylic oxidation sites excluding steroid dienone is 1. The third kappa shape index (κ3) is 2.70. The molecule has 0 saturated heterocycles. The van der Waals surface area contributed by atoms with Crippen LogP contribution in [-0.4, -0.2) is 11.2 Å². The van der Waals surface area contributed by atoms with Crippen molar-refractivity contribution in [2.75, 3.05) is 0 Å². The quantitative estimate of drug-likeness (QED) is 0.332. The summed E-state index contributed by atoms with van der Waals surface area (Å²) < 4.78 is 13.1. The monoisotopic (exact) mass is 209 g/mol. The van der Waals surface area contributed by atoms with Crippen molar-refractivity contribution in [3.05, 3.63) is 45.3 Å². The maximum absolute atomic E-state index is 13.1. The predicted octanol–water partition coefficient (Wildman–Crippen LogP) is 2.34. The van der Waals surface area contributed by atoms with Crippen LogP contribution in [0, 0.1) is 15.9 Å². The van der Waals surface area contributed by atoms with Crippen LogP contribution in [0.5, 0.6) is 0 Å². The number of hydrogen-bond donors (Lipinski definition) is 0. The smallest absolute Gasteiger partial charge is 0.270 e. The molecule has 5 heteroatoms. The average molecular weight is 209 g/mol. The van der Waals surface area contributed by atoms with Crippen molar-refractivity contribution in [1.82, 2.24) is 0 Å². The van der Waals surface area contributed by atoms with Crippen molar-refractivity contribution in [2.24, 2.45) is 0 Å². The number of non-ortho nitro benzene ring substituents is 1. The summed E-state index contributed by atoms with van der Waals surface area (Å²) in [5.41, 5.74) is 0.129. The van der Waals surface area contributed by atoms with Crippen molar-refractivity contribution in [3.8, 4) is 0 Å². The molecule has 0 unspecified atom stereocenters. The standard InChI is InChI=1S/C10H8FNO3/c1-7(6-13)4-8-5-9(12(14)15)2-3-10(8)11/h2-6H,1H3/b7-4-. The van der Waals surface area contributed by atoms with Crippen molar-refractivity contribution >= 4 is 18.0 Å². The molecule has 0 saturated carbocycles. The Kier molecular flexibility index (Phi) is 3.28. The lowest BCUT2D eigenvalue weighted by Crippen LogP contribution is -1.91. The topological polar surface area (TPSA) is 60.2 Å². The van der Waals surface area contributed by atoms with Gasteiger partial charge in [-0.05, 0) is 24.6 Å². The van der Waals surface area contributed by atoms with E-state index in [4.69, 9.17) is 0 Å². The second kappa shape index (κ2) is 4.45. The Morgan fingerprint density at radius 2 is 2.20 bits per heavy atom. The number of nitro groups is 1. The number of aldehydes is 1. The Balaban J connectivity index is 3.22. The molecule has 0 aromatic heterocycles. The first-order chi connectivity index (χ1) is 7.04. The van der Waals surface area contributed by atoms with E-state index in [2.05, 4.69) is 0 Å². The molecular weight excluding hydrogens is 201 g/mol. The van der Waals surface area contributed by atoms with Gasteiger partial charge in [0.25, 0.3) is 5.69 Å². The van der Waals surface area contributed by atoms with Crippen LogP contribution >= 0.6 is 0 Å². The molecule has 0 aliphatic heterocycles. The first kappa shape index (κ1) is 11.0. The van der Waals surface area contributed by atoms with Gasteiger partial charge in [0.15, 0.2) is 0 Å². The second-order valence-corrected chi connectivity index (χ2v) is 2.97. The van der Waals surface area contributed by atoms with Crippen LogP contribution in [0.15, 0.2) is 23.8 Å². The summed E-state index contributed by atoms with van der Waals surface area (Å²) in [5, 5.41) is 10.4. The van der Waals surface area contributed by atoms with Gasteiger partial charge in [0.05, 0.1) is 4.92 Å². The molecule has 0 spiro atoms. The van der Waals surface area contributed by atoms with Crippen LogP contribution < -0.4 is 0 Å². The Bertz CT molecular complexity index is 440. The Morgan fingerprint density at radius 1 is 1.53 bits per heavy atom. The van der Waals surface area contributed by atoms with Crippen LogP contribution in [0.4, 0.5) is 10.1 Å². The van der Waals surface area contributed by atoms with Crippen LogP contribution in [-0.2, 0) is 4.79 Å². The van der Waals surface area contributed by atoms with E-state index in [1.807, 2.05) is 0 Å². The van der Waals surface area contributed by atoms with Gasteiger partial charge in [-0.25, -0.2) is 4.39 Å². The molecule has 1 aromatic rings. The average Bonchev–Trinajstić information content (AvgIpc) is 2.20. The number of nitro benzene ring substituents is 1. The largest absolute Gasteiger partial charge is 0.298 e. The molecule has 0 atom stereocenters. The maximum atomic E-state index is 13.1. The van der Waals surface area contributed by atoms with E-state index in [1.54, 1.807) is 0 Å². The fraction of sp³-hybridized carbons (Fsp3) is 0.100. The molecule has 4 nitrogen and oxygen atoms in total. The van der Waals surface area contributed by atoms with Gasteiger partial charge in [0.2, 0.25) is 0 Å². The number of benzene rings is 1. The molecule has 0 heterocycles. The predicted molar refractivity (Wildman–Crippen MR) is 52.8 cm³/mol.